The molecule has 0 radical (unpaired) electrons. The van der Waals surface area contributed by atoms with E-state index in [4.69, 9.17) is 9.47 Å². The third-order valence-corrected chi connectivity index (χ3v) is 6.29. The van der Waals surface area contributed by atoms with Crippen molar-refractivity contribution in [3.8, 4) is 5.75 Å². The number of aliphatic hydroxyl groups is 1. The Morgan fingerprint density at radius 1 is 1.03 bits per heavy atom. The normalized spacial score (nSPS) is 15.6. The van der Waals surface area contributed by atoms with Crippen LogP contribution in [0.4, 0.5) is 5.69 Å². The van der Waals surface area contributed by atoms with Crippen molar-refractivity contribution in [2.45, 2.75) is 12.5 Å². The quantitative estimate of drug-likeness (QED) is 0.416. The van der Waals surface area contributed by atoms with Gasteiger partial charge in [0, 0.05) is 5.69 Å². The lowest BCUT2D eigenvalue weighted by Crippen LogP contribution is -2.31. The minimum atomic E-state index is -0.829. The number of methoxy groups -OCH3 is 2. The molecule has 0 saturated heterocycles. The van der Waals surface area contributed by atoms with E-state index in [0.29, 0.717) is 27.4 Å². The van der Waals surface area contributed by atoms with Crippen LogP contribution in [0.3, 0.4) is 0 Å². The number of esters is 1. The zero-order valence-electron chi connectivity index (χ0n) is 18.0. The number of carbonyl (C=O) groups excluding carboxylic acids is 3. The predicted molar refractivity (Wildman–Crippen MR) is 124 cm³/mol. The summed E-state index contributed by atoms with van der Waals surface area (Å²) in [7, 11) is 2.87. The fraction of sp³-hybridized carbons (Fsp3) is 0.160. The molecule has 0 aliphatic carbocycles. The van der Waals surface area contributed by atoms with Crippen LogP contribution in [-0.2, 0) is 20.7 Å². The monoisotopic (exact) mass is 463 g/mol. The minimum Gasteiger partial charge on any atom is -0.503 e. The van der Waals surface area contributed by atoms with Crippen molar-refractivity contribution < 1.29 is 29.0 Å². The van der Waals surface area contributed by atoms with Crippen molar-refractivity contribution in [1.82, 2.24) is 0 Å². The van der Waals surface area contributed by atoms with E-state index >= 15 is 0 Å². The van der Waals surface area contributed by atoms with Gasteiger partial charge in [0.25, 0.3) is 5.91 Å². The van der Waals surface area contributed by atoms with E-state index in [9.17, 15) is 19.5 Å². The van der Waals surface area contributed by atoms with Crippen molar-refractivity contribution in [3.63, 3.8) is 0 Å². The standard InChI is InChI=1S/C25H21NO6S/c1-31-18-11-7-16(8-12-18)22-21(23(28)19-4-3-13-33-19)24(29)25(30)26(22)17-9-5-15(6-10-17)14-20(27)32-2/h3-13,22,29H,14H2,1-2H3. The lowest BCUT2D eigenvalue weighted by molar-refractivity contribution is -0.139. The molecule has 3 aromatic rings. The van der Waals surface area contributed by atoms with Crippen LogP contribution in [0.1, 0.15) is 26.8 Å². The number of amides is 1. The molecule has 1 N–H and O–H groups in total. The summed E-state index contributed by atoms with van der Waals surface area (Å²) in [4.78, 5) is 39.9. The largest absolute Gasteiger partial charge is 0.503 e. The zero-order valence-corrected chi connectivity index (χ0v) is 18.8. The topological polar surface area (TPSA) is 93.1 Å². The Morgan fingerprint density at radius 3 is 2.30 bits per heavy atom. The van der Waals surface area contributed by atoms with Crippen LogP contribution in [0, 0.1) is 0 Å². The minimum absolute atomic E-state index is 0.0197. The highest BCUT2D eigenvalue weighted by Gasteiger charge is 2.44. The van der Waals surface area contributed by atoms with Crippen LogP contribution in [-0.4, -0.2) is 37.0 Å². The molecule has 1 aliphatic rings. The zero-order chi connectivity index (χ0) is 23.5. The van der Waals surface area contributed by atoms with Gasteiger partial charge in [0.05, 0.1) is 37.1 Å². The van der Waals surface area contributed by atoms with Crippen molar-refractivity contribution in [2.24, 2.45) is 0 Å². The van der Waals surface area contributed by atoms with Gasteiger partial charge >= 0.3 is 5.97 Å². The second-order valence-electron chi connectivity index (χ2n) is 7.34. The average molecular weight is 464 g/mol. The highest BCUT2D eigenvalue weighted by molar-refractivity contribution is 7.12. The molecule has 1 aromatic heterocycles. The van der Waals surface area contributed by atoms with Gasteiger partial charge in [-0.15, -0.1) is 11.3 Å². The number of thiophene rings is 1. The molecule has 4 rings (SSSR count). The van der Waals surface area contributed by atoms with Crippen LogP contribution in [0.5, 0.6) is 5.75 Å². The second-order valence-corrected chi connectivity index (χ2v) is 8.29. The summed E-state index contributed by atoms with van der Waals surface area (Å²) in [5.74, 6) is -1.40. The summed E-state index contributed by atoms with van der Waals surface area (Å²) in [5, 5.41) is 12.5. The molecule has 2 aromatic carbocycles. The maximum absolute atomic E-state index is 13.3. The molecule has 0 bridgehead atoms. The first-order valence-corrected chi connectivity index (χ1v) is 11.0. The fourth-order valence-electron chi connectivity index (χ4n) is 3.76. The van der Waals surface area contributed by atoms with Crippen LogP contribution in [0.25, 0.3) is 0 Å². The summed E-state index contributed by atoms with van der Waals surface area (Å²) < 4.78 is 9.92. The summed E-state index contributed by atoms with van der Waals surface area (Å²) in [6.45, 7) is 0. The van der Waals surface area contributed by atoms with Gasteiger partial charge in [0.2, 0.25) is 5.78 Å². The van der Waals surface area contributed by atoms with E-state index in [0.717, 1.165) is 0 Å². The molecule has 8 heteroatoms. The molecule has 0 fully saturated rings. The van der Waals surface area contributed by atoms with E-state index in [1.54, 1.807) is 73.2 Å². The number of benzene rings is 2. The number of hydrogen-bond acceptors (Lipinski definition) is 7. The predicted octanol–water partition coefficient (Wildman–Crippen LogP) is 4.26. The third kappa shape index (κ3) is 4.25. The van der Waals surface area contributed by atoms with E-state index in [-0.39, 0.29) is 18.0 Å². The molecule has 1 unspecified atom stereocenters. The van der Waals surface area contributed by atoms with E-state index < -0.39 is 23.5 Å². The molecule has 168 valence electrons. The first kappa shape index (κ1) is 22.3. The maximum Gasteiger partial charge on any atom is 0.309 e. The summed E-state index contributed by atoms with van der Waals surface area (Å²) >= 11 is 1.24. The van der Waals surface area contributed by atoms with Gasteiger partial charge in [0.1, 0.15) is 5.75 Å². The van der Waals surface area contributed by atoms with Gasteiger partial charge in [-0.05, 0) is 46.8 Å². The van der Waals surface area contributed by atoms with Crippen LogP contribution in [0.15, 0.2) is 77.4 Å². The van der Waals surface area contributed by atoms with E-state index in [1.165, 1.54) is 23.3 Å². The highest BCUT2D eigenvalue weighted by atomic mass is 32.1. The Kier molecular flexibility index (Phi) is 6.28. The Bertz CT molecular complexity index is 1210. The summed E-state index contributed by atoms with van der Waals surface area (Å²) in [6.07, 6.45) is 0.0955. The number of Topliss-reactive ketones (excluding diaryl/α,β-unsaturated/α-hetero) is 1. The molecule has 1 amide bonds. The van der Waals surface area contributed by atoms with Crippen LogP contribution < -0.4 is 9.64 Å². The maximum atomic E-state index is 13.3. The molecule has 1 aliphatic heterocycles. The number of rotatable bonds is 7. The van der Waals surface area contributed by atoms with Crippen molar-refractivity contribution in [2.75, 3.05) is 19.1 Å². The number of ether oxygens (including phenoxy) is 2. The van der Waals surface area contributed by atoms with E-state index in [1.807, 2.05) is 0 Å². The molecular weight excluding hydrogens is 442 g/mol. The molecular formula is C25H21NO6S. The number of anilines is 1. The average Bonchev–Trinajstić information content (AvgIpc) is 3.47. The van der Waals surface area contributed by atoms with Crippen LogP contribution >= 0.6 is 11.3 Å². The molecule has 7 nitrogen and oxygen atoms in total. The lowest BCUT2D eigenvalue weighted by Gasteiger charge is -2.27. The number of carbonyl (C=O) groups is 3. The van der Waals surface area contributed by atoms with Crippen molar-refractivity contribution in [3.05, 3.63) is 93.4 Å². The first-order valence-electron chi connectivity index (χ1n) is 10.1. The van der Waals surface area contributed by atoms with Crippen molar-refractivity contribution in [1.29, 1.82) is 0 Å². The first-order chi connectivity index (χ1) is 15.9. The summed E-state index contributed by atoms with van der Waals surface area (Å²) in [6, 6.07) is 16.3. The number of hydrogen-bond donors (Lipinski definition) is 1. The molecule has 33 heavy (non-hydrogen) atoms. The van der Waals surface area contributed by atoms with Crippen LogP contribution in [0.2, 0.25) is 0 Å². The Hall–Kier alpha value is -3.91. The van der Waals surface area contributed by atoms with Crippen molar-refractivity contribution >= 4 is 34.7 Å². The Morgan fingerprint density at radius 2 is 1.73 bits per heavy atom. The van der Waals surface area contributed by atoms with Gasteiger partial charge in [-0.3, -0.25) is 19.3 Å². The molecule has 0 saturated carbocycles. The SMILES string of the molecule is COC(=O)Cc1ccc(N2C(=O)C(O)=C(C(=O)c3cccs3)C2c2ccc(OC)cc2)cc1. The Labute approximate surface area is 194 Å². The van der Waals surface area contributed by atoms with Gasteiger partial charge in [-0.2, -0.15) is 0 Å². The highest BCUT2D eigenvalue weighted by Crippen LogP contribution is 2.42. The van der Waals surface area contributed by atoms with Gasteiger partial charge < -0.3 is 14.6 Å². The second kappa shape index (κ2) is 9.30. The van der Waals surface area contributed by atoms with Gasteiger partial charge in [-0.1, -0.05) is 30.3 Å². The molecule has 1 atom stereocenters. The molecule has 0 spiro atoms. The number of aliphatic hydroxyl groups excluding tert-OH is 1. The van der Waals surface area contributed by atoms with Gasteiger partial charge in [-0.25, -0.2) is 0 Å². The molecule has 2 heterocycles. The fourth-order valence-corrected chi connectivity index (χ4v) is 4.44. The lowest BCUT2D eigenvalue weighted by atomic mass is 9.95. The van der Waals surface area contributed by atoms with E-state index in [2.05, 4.69) is 0 Å². The Balaban J connectivity index is 1.77. The number of nitrogens with zero attached hydrogens (tertiary/aromatic N) is 1. The smallest absolute Gasteiger partial charge is 0.309 e. The van der Waals surface area contributed by atoms with Gasteiger partial charge in [0.15, 0.2) is 5.76 Å². The summed E-state index contributed by atoms with van der Waals surface area (Å²) in [5.41, 5.74) is 1.86. The number of ketones is 1. The third-order valence-electron chi connectivity index (χ3n) is 5.42.